The van der Waals surface area contributed by atoms with Gasteiger partial charge in [-0.1, -0.05) is 32.4 Å². The van der Waals surface area contributed by atoms with Crippen LogP contribution in [0.2, 0.25) is 0 Å². The number of piperidine rings is 1. The van der Waals surface area contributed by atoms with Gasteiger partial charge in [0.25, 0.3) is 0 Å². The molecule has 1 amide bonds. The van der Waals surface area contributed by atoms with Crippen molar-refractivity contribution < 1.29 is 13.9 Å². The second-order valence-corrected chi connectivity index (χ2v) is 14.7. The van der Waals surface area contributed by atoms with E-state index in [1.807, 2.05) is 12.1 Å². The minimum absolute atomic E-state index is 0.0238. The lowest BCUT2D eigenvalue weighted by Crippen LogP contribution is -2.60. The summed E-state index contributed by atoms with van der Waals surface area (Å²) < 4.78 is 20.0. The molecule has 8 nitrogen and oxygen atoms in total. The van der Waals surface area contributed by atoms with Crippen molar-refractivity contribution in [3.05, 3.63) is 65.0 Å². The Morgan fingerprint density at radius 3 is 2.44 bits per heavy atom. The van der Waals surface area contributed by atoms with Gasteiger partial charge in [-0.25, -0.2) is 9.18 Å². The van der Waals surface area contributed by atoms with Gasteiger partial charge in [-0.3, -0.25) is 4.90 Å². The fourth-order valence-corrected chi connectivity index (χ4v) is 9.33. The number of alkyl carbamates (subject to hydrolysis) is 1. The van der Waals surface area contributed by atoms with E-state index >= 15 is 0 Å². The van der Waals surface area contributed by atoms with Gasteiger partial charge < -0.3 is 24.8 Å². The minimum Gasteiger partial charge on any atom is -0.453 e. The van der Waals surface area contributed by atoms with E-state index < -0.39 is 0 Å². The van der Waals surface area contributed by atoms with E-state index in [9.17, 15) is 14.4 Å². The van der Waals surface area contributed by atoms with Crippen molar-refractivity contribution in [1.82, 2.24) is 20.0 Å². The van der Waals surface area contributed by atoms with Crippen LogP contribution in [0.3, 0.4) is 0 Å². The maximum atomic E-state index is 15.0. The van der Waals surface area contributed by atoms with Crippen molar-refractivity contribution in [3.63, 3.8) is 0 Å². The lowest BCUT2D eigenvalue weighted by molar-refractivity contribution is 0.0223. The lowest BCUT2D eigenvalue weighted by atomic mass is 9.57. The summed E-state index contributed by atoms with van der Waals surface area (Å²) in [7, 11) is 1.44. The van der Waals surface area contributed by atoms with Gasteiger partial charge in [-0.05, 0) is 125 Å². The summed E-state index contributed by atoms with van der Waals surface area (Å²) in [6, 6.07) is 16.1. The fourth-order valence-electron chi connectivity index (χ4n) is 9.33. The van der Waals surface area contributed by atoms with E-state index in [1.54, 1.807) is 12.1 Å². The van der Waals surface area contributed by atoms with Crippen LogP contribution in [0.1, 0.15) is 69.1 Å². The first-order chi connectivity index (χ1) is 23.4. The molecule has 4 fully saturated rings. The molecule has 3 aliphatic heterocycles. The number of amides is 1. The Morgan fingerprint density at radius 2 is 1.79 bits per heavy atom. The zero-order valence-corrected chi connectivity index (χ0v) is 29.3. The largest absolute Gasteiger partial charge is 0.453 e. The number of methoxy groups -OCH3 is 1. The normalized spacial score (nSPS) is 23.7. The SMILES string of the molecule is CCN(CC)Cc1cc(N2CC(CN3CCC(C(CN4CCC4)(c4cccc(F)c4)[C@H]4CCC[C@@H]4NC(=O)OC)CC3)C2)ccc1C#N. The van der Waals surface area contributed by atoms with E-state index in [0.29, 0.717) is 11.8 Å². The summed E-state index contributed by atoms with van der Waals surface area (Å²) in [6.07, 6.45) is 6.02. The van der Waals surface area contributed by atoms with Crippen molar-refractivity contribution in [2.45, 2.75) is 70.4 Å². The predicted octanol–water partition coefficient (Wildman–Crippen LogP) is 5.86. The topological polar surface area (TPSA) is 75.1 Å². The summed E-state index contributed by atoms with van der Waals surface area (Å²) in [5, 5.41) is 12.9. The van der Waals surface area contributed by atoms with Gasteiger partial charge in [0, 0.05) is 55.8 Å². The minimum atomic E-state index is -0.366. The third-order valence-electron chi connectivity index (χ3n) is 12.1. The van der Waals surface area contributed by atoms with E-state index in [0.717, 1.165) is 121 Å². The number of carbonyl (C=O) groups excluding carboxylic acids is 1. The predicted molar refractivity (Wildman–Crippen MR) is 188 cm³/mol. The van der Waals surface area contributed by atoms with E-state index in [-0.39, 0.29) is 29.3 Å². The Bertz CT molecular complexity index is 1430. The second-order valence-electron chi connectivity index (χ2n) is 14.7. The van der Waals surface area contributed by atoms with Gasteiger partial charge in [-0.15, -0.1) is 0 Å². The first kappa shape index (κ1) is 34.7. The molecule has 1 aliphatic carbocycles. The fraction of sp³-hybridized carbons (Fsp3) is 0.641. The van der Waals surface area contributed by atoms with Crippen molar-refractivity contribution >= 4 is 11.8 Å². The maximum Gasteiger partial charge on any atom is 0.407 e. The number of hydrogen-bond acceptors (Lipinski definition) is 7. The first-order valence-corrected chi connectivity index (χ1v) is 18.4. The number of rotatable bonds is 13. The number of hydrogen-bond donors (Lipinski definition) is 1. The highest BCUT2D eigenvalue weighted by atomic mass is 19.1. The third kappa shape index (κ3) is 7.36. The molecular weight excluding hydrogens is 603 g/mol. The standard InChI is InChI=1S/C39H55FN6O2/c1-4-43(5-2)27-31-21-35(14-13-30(31)23-41)46-25-29(26-46)24-44-19-15-32(16-20-44)39(28-45-17-8-18-45,33-9-6-10-34(40)22-33)36-11-7-12-37(36)42-38(47)48-3/h6,9-10,13-14,21-22,29,32,36-37H,4-5,7-8,11-12,15-20,24-28H2,1-3H3,(H,42,47)/t36-,37-,39?/m0/s1. The van der Waals surface area contributed by atoms with Crippen LogP contribution in [-0.4, -0.2) is 99.4 Å². The van der Waals surface area contributed by atoms with Gasteiger partial charge in [0.2, 0.25) is 0 Å². The number of likely N-dealkylation sites (tertiary alicyclic amines) is 2. The van der Waals surface area contributed by atoms with Gasteiger partial charge in [0.05, 0.1) is 18.7 Å². The molecule has 260 valence electrons. The molecule has 3 heterocycles. The van der Waals surface area contributed by atoms with Crippen molar-refractivity contribution in [1.29, 1.82) is 5.26 Å². The Kier molecular flexibility index (Phi) is 11.2. The van der Waals surface area contributed by atoms with Crippen LogP contribution in [0.4, 0.5) is 14.9 Å². The number of halogens is 1. The number of benzene rings is 2. The summed E-state index contributed by atoms with van der Waals surface area (Å²) in [5.74, 6) is 1.09. The van der Waals surface area contributed by atoms with Crippen LogP contribution >= 0.6 is 0 Å². The third-order valence-corrected chi connectivity index (χ3v) is 12.1. The number of ether oxygens (including phenoxy) is 1. The number of nitrogens with one attached hydrogen (secondary N) is 1. The van der Waals surface area contributed by atoms with Crippen molar-refractivity contribution in [2.75, 3.05) is 77.5 Å². The Balaban J connectivity index is 1.14. The molecule has 3 atom stereocenters. The van der Waals surface area contributed by atoms with Gasteiger partial charge in [-0.2, -0.15) is 5.26 Å². The molecular formula is C39H55FN6O2. The molecule has 0 spiro atoms. The summed E-state index contributed by atoms with van der Waals surface area (Å²) in [4.78, 5) is 22.5. The highest BCUT2D eigenvalue weighted by molar-refractivity contribution is 5.67. The number of nitriles is 1. The van der Waals surface area contributed by atoms with E-state index in [1.165, 1.54) is 19.2 Å². The molecule has 9 heteroatoms. The molecule has 1 saturated carbocycles. The van der Waals surface area contributed by atoms with Crippen LogP contribution in [-0.2, 0) is 16.7 Å². The maximum absolute atomic E-state index is 15.0. The average molecular weight is 659 g/mol. The molecule has 0 radical (unpaired) electrons. The molecule has 6 rings (SSSR count). The lowest BCUT2D eigenvalue weighted by Gasteiger charge is -2.54. The monoisotopic (exact) mass is 658 g/mol. The second kappa shape index (κ2) is 15.6. The zero-order valence-electron chi connectivity index (χ0n) is 29.3. The van der Waals surface area contributed by atoms with Gasteiger partial charge >= 0.3 is 6.09 Å². The Labute approximate surface area is 287 Å². The van der Waals surface area contributed by atoms with Crippen LogP contribution in [0.5, 0.6) is 0 Å². The van der Waals surface area contributed by atoms with E-state index in [4.69, 9.17) is 4.74 Å². The molecule has 2 aromatic carbocycles. The summed E-state index contributed by atoms with van der Waals surface area (Å²) in [6.45, 7) is 15.5. The molecule has 4 aliphatic rings. The number of anilines is 1. The summed E-state index contributed by atoms with van der Waals surface area (Å²) in [5.41, 5.74) is 4.00. The smallest absolute Gasteiger partial charge is 0.407 e. The molecule has 2 aromatic rings. The summed E-state index contributed by atoms with van der Waals surface area (Å²) >= 11 is 0. The van der Waals surface area contributed by atoms with Gasteiger partial charge in [0.1, 0.15) is 5.82 Å². The molecule has 0 aromatic heterocycles. The first-order valence-electron chi connectivity index (χ1n) is 18.4. The van der Waals surface area contributed by atoms with Crippen LogP contribution in [0.15, 0.2) is 42.5 Å². The van der Waals surface area contributed by atoms with Crippen LogP contribution in [0, 0.1) is 34.9 Å². The quantitative estimate of drug-likeness (QED) is 0.289. The van der Waals surface area contributed by atoms with Crippen LogP contribution in [0.25, 0.3) is 0 Å². The number of nitrogens with zero attached hydrogens (tertiary/aromatic N) is 5. The molecule has 48 heavy (non-hydrogen) atoms. The molecule has 1 unspecified atom stereocenters. The highest BCUT2D eigenvalue weighted by Crippen LogP contribution is 2.51. The average Bonchev–Trinajstić information content (AvgIpc) is 3.53. The van der Waals surface area contributed by atoms with Crippen LogP contribution < -0.4 is 10.2 Å². The van der Waals surface area contributed by atoms with Gasteiger partial charge in [0.15, 0.2) is 0 Å². The van der Waals surface area contributed by atoms with E-state index in [2.05, 4.69) is 63.0 Å². The molecule has 0 bridgehead atoms. The highest BCUT2D eigenvalue weighted by Gasteiger charge is 2.53. The number of carbonyl (C=O) groups is 1. The van der Waals surface area contributed by atoms with Crippen molar-refractivity contribution in [3.8, 4) is 6.07 Å². The zero-order chi connectivity index (χ0) is 33.7. The molecule has 1 N–H and O–H groups in total. The Morgan fingerprint density at radius 1 is 1.02 bits per heavy atom. The van der Waals surface area contributed by atoms with Crippen molar-refractivity contribution in [2.24, 2.45) is 17.8 Å². The Hall–Kier alpha value is -3.19. The molecule has 3 saturated heterocycles.